The predicted molar refractivity (Wildman–Crippen MR) is 187 cm³/mol. The van der Waals surface area contributed by atoms with Gasteiger partial charge in [-0.15, -0.1) is 0 Å². The fraction of sp³-hybridized carbons (Fsp3) is 0.316. The van der Waals surface area contributed by atoms with Crippen LogP contribution in [-0.2, 0) is 26.2 Å². The van der Waals surface area contributed by atoms with Crippen LogP contribution in [0.3, 0.4) is 0 Å². The first kappa shape index (κ1) is 34.5. The monoisotopic (exact) mass is 669 g/mol. The van der Waals surface area contributed by atoms with Gasteiger partial charge in [-0.05, 0) is 85.5 Å². The molecule has 1 fully saturated rings. The van der Waals surface area contributed by atoms with Crippen LogP contribution in [0.4, 0.5) is 5.69 Å². The number of carbonyl (C=O) groups is 2. The van der Waals surface area contributed by atoms with E-state index < -0.39 is 28.5 Å². The van der Waals surface area contributed by atoms with Crippen molar-refractivity contribution in [2.75, 3.05) is 18.0 Å². The first-order valence-corrected chi connectivity index (χ1v) is 17.9. The highest BCUT2D eigenvalue weighted by Crippen LogP contribution is 2.29. The maximum atomic E-state index is 14.4. The third-order valence-electron chi connectivity index (χ3n) is 8.56. The molecule has 1 aliphatic carbocycles. The topological polar surface area (TPSA) is 105 Å². The molecule has 1 N–H and O–H groups in total. The van der Waals surface area contributed by atoms with Crippen LogP contribution in [0.2, 0.25) is 0 Å². The summed E-state index contributed by atoms with van der Waals surface area (Å²) in [6.07, 6.45) is 5.42. The average molecular weight is 670 g/mol. The Labute approximate surface area is 283 Å². The zero-order valence-corrected chi connectivity index (χ0v) is 28.3. The molecule has 252 valence electrons. The molecule has 1 aliphatic rings. The van der Waals surface area contributed by atoms with Gasteiger partial charge in [0.05, 0.1) is 17.7 Å². The molecule has 0 saturated heterocycles. The zero-order chi connectivity index (χ0) is 33.9. The molecule has 9 nitrogen and oxygen atoms in total. The van der Waals surface area contributed by atoms with E-state index in [0.717, 1.165) is 42.0 Å². The van der Waals surface area contributed by atoms with Crippen molar-refractivity contribution in [3.05, 3.63) is 115 Å². The van der Waals surface area contributed by atoms with E-state index in [2.05, 4.69) is 5.32 Å². The van der Waals surface area contributed by atoms with Gasteiger partial charge in [0.1, 0.15) is 29.8 Å². The van der Waals surface area contributed by atoms with Crippen LogP contribution in [0, 0.1) is 0 Å². The van der Waals surface area contributed by atoms with Crippen molar-refractivity contribution in [2.45, 2.75) is 69.0 Å². The molecule has 1 saturated carbocycles. The summed E-state index contributed by atoms with van der Waals surface area (Å²) < 4.78 is 40.7. The van der Waals surface area contributed by atoms with Gasteiger partial charge in [-0.25, -0.2) is 8.42 Å². The first-order valence-electron chi connectivity index (χ1n) is 16.4. The number of ether oxygens (including phenoxy) is 2. The SMILES string of the molecule is CC[C@H](C(=O)NC1CCCCC1)N(Cc1ccc(OC)cc1)C(=O)CN(c1ccc(Oc2ccccc2)cc1)S(=O)(=O)c1ccccc1. The Morgan fingerprint density at radius 2 is 1.38 bits per heavy atom. The fourth-order valence-corrected chi connectivity index (χ4v) is 7.38. The molecule has 0 heterocycles. The Balaban J connectivity index is 1.47. The predicted octanol–water partition coefficient (Wildman–Crippen LogP) is 6.94. The van der Waals surface area contributed by atoms with E-state index in [0.29, 0.717) is 23.7 Å². The van der Waals surface area contributed by atoms with Gasteiger partial charge in [0.2, 0.25) is 11.8 Å². The molecular weight excluding hydrogens is 627 g/mol. The highest BCUT2D eigenvalue weighted by Gasteiger charge is 2.34. The Hall–Kier alpha value is -4.83. The summed E-state index contributed by atoms with van der Waals surface area (Å²) in [5.74, 6) is 1.09. The molecule has 0 aliphatic heterocycles. The second-order valence-corrected chi connectivity index (χ2v) is 13.7. The summed E-state index contributed by atoms with van der Waals surface area (Å²) in [7, 11) is -2.60. The lowest BCUT2D eigenvalue weighted by Crippen LogP contribution is -2.54. The van der Waals surface area contributed by atoms with Crippen molar-refractivity contribution >= 4 is 27.5 Å². The molecule has 1 atom stereocenters. The van der Waals surface area contributed by atoms with E-state index in [-0.39, 0.29) is 29.1 Å². The minimum atomic E-state index is -4.18. The minimum Gasteiger partial charge on any atom is -0.497 e. The summed E-state index contributed by atoms with van der Waals surface area (Å²) in [5.41, 5.74) is 1.07. The quantitative estimate of drug-likeness (QED) is 0.156. The number of nitrogens with zero attached hydrogens (tertiary/aromatic N) is 2. The van der Waals surface area contributed by atoms with E-state index in [1.807, 2.05) is 49.4 Å². The number of methoxy groups -OCH3 is 1. The van der Waals surface area contributed by atoms with Gasteiger partial charge < -0.3 is 19.7 Å². The molecule has 48 heavy (non-hydrogen) atoms. The van der Waals surface area contributed by atoms with Crippen molar-refractivity contribution in [3.63, 3.8) is 0 Å². The van der Waals surface area contributed by atoms with Crippen LogP contribution < -0.4 is 19.1 Å². The third-order valence-corrected chi connectivity index (χ3v) is 10.4. The second-order valence-electron chi connectivity index (χ2n) is 11.9. The summed E-state index contributed by atoms with van der Waals surface area (Å²) >= 11 is 0. The molecule has 4 aromatic carbocycles. The van der Waals surface area contributed by atoms with Crippen molar-refractivity contribution in [2.24, 2.45) is 0 Å². The Morgan fingerprint density at radius 3 is 1.98 bits per heavy atom. The number of para-hydroxylation sites is 1. The normalized spacial score (nSPS) is 14.0. The fourth-order valence-electron chi connectivity index (χ4n) is 5.94. The van der Waals surface area contributed by atoms with Crippen LogP contribution in [0.1, 0.15) is 51.0 Å². The summed E-state index contributed by atoms with van der Waals surface area (Å²) in [6, 6.07) is 30.4. The van der Waals surface area contributed by atoms with E-state index in [9.17, 15) is 18.0 Å². The molecular formula is C38H43N3O6S. The number of benzene rings is 4. The molecule has 0 bridgehead atoms. The maximum Gasteiger partial charge on any atom is 0.264 e. The van der Waals surface area contributed by atoms with E-state index in [4.69, 9.17) is 9.47 Å². The van der Waals surface area contributed by atoms with Crippen LogP contribution >= 0.6 is 0 Å². The number of nitrogens with one attached hydrogen (secondary N) is 1. The van der Waals surface area contributed by atoms with Crippen molar-refractivity contribution in [1.29, 1.82) is 0 Å². The largest absolute Gasteiger partial charge is 0.497 e. The molecule has 2 amide bonds. The maximum absolute atomic E-state index is 14.4. The molecule has 0 radical (unpaired) electrons. The third kappa shape index (κ3) is 8.74. The minimum absolute atomic E-state index is 0.0474. The smallest absolute Gasteiger partial charge is 0.264 e. The zero-order valence-electron chi connectivity index (χ0n) is 27.5. The Kier molecular flexibility index (Phi) is 11.7. The van der Waals surface area contributed by atoms with Crippen LogP contribution in [0.15, 0.2) is 114 Å². The molecule has 0 unspecified atom stereocenters. The Bertz CT molecular complexity index is 1730. The van der Waals surface area contributed by atoms with E-state index in [1.165, 1.54) is 17.0 Å². The van der Waals surface area contributed by atoms with Gasteiger partial charge in [0, 0.05) is 12.6 Å². The molecule has 0 spiro atoms. The molecule has 4 aromatic rings. The number of sulfonamides is 1. The number of amides is 2. The molecule has 5 rings (SSSR count). The lowest BCUT2D eigenvalue weighted by atomic mass is 9.95. The summed E-state index contributed by atoms with van der Waals surface area (Å²) in [5, 5.41) is 3.18. The van der Waals surface area contributed by atoms with Crippen LogP contribution in [0.5, 0.6) is 17.2 Å². The first-order chi connectivity index (χ1) is 23.3. The summed E-state index contributed by atoms with van der Waals surface area (Å²) in [6.45, 7) is 1.46. The van der Waals surface area contributed by atoms with Gasteiger partial charge in [0.15, 0.2) is 0 Å². The van der Waals surface area contributed by atoms with Crippen molar-refractivity contribution < 1.29 is 27.5 Å². The molecule has 10 heteroatoms. The van der Waals surface area contributed by atoms with Crippen LogP contribution in [-0.4, -0.2) is 50.9 Å². The van der Waals surface area contributed by atoms with Gasteiger partial charge in [-0.3, -0.25) is 13.9 Å². The highest BCUT2D eigenvalue weighted by atomic mass is 32.2. The molecule has 0 aromatic heterocycles. The van der Waals surface area contributed by atoms with Gasteiger partial charge in [-0.1, -0.05) is 74.7 Å². The highest BCUT2D eigenvalue weighted by molar-refractivity contribution is 7.92. The van der Waals surface area contributed by atoms with Crippen molar-refractivity contribution in [3.8, 4) is 17.2 Å². The standard InChI is InChI=1S/C38H43N3O6S/c1-3-36(38(43)39-30-13-7-4-8-14-30)40(27-29-19-23-32(46-2)24-20-29)37(42)28-41(48(44,45)35-17-11-6-12-18-35)31-21-25-34(26-22-31)47-33-15-9-5-10-16-33/h5-6,9-12,15-26,30,36H,3-4,7-8,13-14,27-28H2,1-2H3,(H,39,43)/t36-/m1/s1. The number of hydrogen-bond donors (Lipinski definition) is 1. The van der Waals surface area contributed by atoms with Crippen LogP contribution in [0.25, 0.3) is 0 Å². The van der Waals surface area contributed by atoms with Gasteiger partial charge in [-0.2, -0.15) is 0 Å². The lowest BCUT2D eigenvalue weighted by Gasteiger charge is -2.34. The van der Waals surface area contributed by atoms with Crippen molar-refractivity contribution in [1.82, 2.24) is 10.2 Å². The average Bonchev–Trinajstić information content (AvgIpc) is 3.12. The van der Waals surface area contributed by atoms with E-state index >= 15 is 0 Å². The number of rotatable bonds is 14. The number of hydrogen-bond acceptors (Lipinski definition) is 6. The van der Waals surface area contributed by atoms with E-state index in [1.54, 1.807) is 61.7 Å². The van der Waals surface area contributed by atoms with Gasteiger partial charge in [0.25, 0.3) is 10.0 Å². The van der Waals surface area contributed by atoms with Gasteiger partial charge >= 0.3 is 0 Å². The Morgan fingerprint density at radius 1 is 0.792 bits per heavy atom. The lowest BCUT2D eigenvalue weighted by molar-refractivity contribution is -0.140. The number of carbonyl (C=O) groups excluding carboxylic acids is 2. The second kappa shape index (κ2) is 16.3. The summed E-state index contributed by atoms with van der Waals surface area (Å²) in [4.78, 5) is 29.7. The number of anilines is 1.